The van der Waals surface area contributed by atoms with Crippen LogP contribution in [0.5, 0.6) is 0 Å². The van der Waals surface area contributed by atoms with Gasteiger partial charge in [-0.15, -0.1) is 0 Å². The highest BCUT2D eigenvalue weighted by molar-refractivity contribution is 6.02. The quantitative estimate of drug-likeness (QED) is 0.457. The maximum atomic E-state index is 13.3. The lowest BCUT2D eigenvalue weighted by Gasteiger charge is -2.13. The fourth-order valence-electron chi connectivity index (χ4n) is 3.68. The van der Waals surface area contributed by atoms with Gasteiger partial charge >= 0.3 is 0 Å². The molecule has 0 atom stereocenters. The third kappa shape index (κ3) is 4.59. The van der Waals surface area contributed by atoms with Crippen molar-refractivity contribution in [3.63, 3.8) is 0 Å². The van der Waals surface area contributed by atoms with E-state index in [2.05, 4.69) is 10.4 Å². The topological polar surface area (TPSA) is 84.3 Å². The molecule has 0 radical (unpaired) electrons. The number of nitrogens with one attached hydrogen (secondary N) is 1. The van der Waals surface area contributed by atoms with E-state index < -0.39 is 0 Å². The fourth-order valence-corrected chi connectivity index (χ4v) is 3.68. The molecule has 164 valence electrons. The van der Waals surface area contributed by atoms with Crippen LogP contribution in [0.2, 0.25) is 0 Å². The molecule has 1 fully saturated rings. The number of hydrogen-bond acceptors (Lipinski definition) is 4. The largest absolute Gasteiger partial charge is 0.352 e. The number of hydrogen-bond donors (Lipinski definition) is 1. The number of benzene rings is 2. The van der Waals surface area contributed by atoms with Crippen molar-refractivity contribution in [2.45, 2.75) is 26.2 Å². The SMILES string of the molecule is Cc1cccc(-c2nn(-c3ccc(F)cc3)cc2C(=O)NCCCN2C(=O)CCC2=O)c1. The van der Waals surface area contributed by atoms with Crippen molar-refractivity contribution in [1.82, 2.24) is 20.0 Å². The molecule has 1 aliphatic rings. The van der Waals surface area contributed by atoms with Crippen molar-refractivity contribution in [3.8, 4) is 16.9 Å². The van der Waals surface area contributed by atoms with E-state index in [-0.39, 0.29) is 42.9 Å². The van der Waals surface area contributed by atoms with Gasteiger partial charge in [-0.25, -0.2) is 9.07 Å². The Morgan fingerprint density at radius 3 is 2.50 bits per heavy atom. The van der Waals surface area contributed by atoms with Gasteiger partial charge in [-0.2, -0.15) is 5.10 Å². The number of likely N-dealkylation sites (tertiary alicyclic amines) is 1. The summed E-state index contributed by atoms with van der Waals surface area (Å²) >= 11 is 0. The minimum Gasteiger partial charge on any atom is -0.352 e. The van der Waals surface area contributed by atoms with Gasteiger partial charge in [-0.1, -0.05) is 23.8 Å². The van der Waals surface area contributed by atoms with Gasteiger partial charge in [0.15, 0.2) is 0 Å². The number of rotatable bonds is 7. The zero-order chi connectivity index (χ0) is 22.7. The van der Waals surface area contributed by atoms with Crippen LogP contribution in [0.15, 0.2) is 54.7 Å². The summed E-state index contributed by atoms with van der Waals surface area (Å²) in [7, 11) is 0. The van der Waals surface area contributed by atoms with Gasteiger partial charge < -0.3 is 5.32 Å². The maximum absolute atomic E-state index is 13.3. The first kappa shape index (κ1) is 21.4. The zero-order valence-electron chi connectivity index (χ0n) is 17.7. The van der Waals surface area contributed by atoms with Gasteiger partial charge in [-0.3, -0.25) is 19.3 Å². The van der Waals surface area contributed by atoms with Crippen molar-refractivity contribution < 1.29 is 18.8 Å². The summed E-state index contributed by atoms with van der Waals surface area (Å²) in [5.41, 5.74) is 3.36. The predicted octanol–water partition coefficient (Wildman–Crippen LogP) is 3.26. The second kappa shape index (κ2) is 9.13. The first-order valence-electron chi connectivity index (χ1n) is 10.5. The lowest BCUT2D eigenvalue weighted by molar-refractivity contribution is -0.138. The lowest BCUT2D eigenvalue weighted by Crippen LogP contribution is -2.33. The normalized spacial score (nSPS) is 13.6. The first-order chi connectivity index (χ1) is 15.4. The number of aryl methyl sites for hydroxylation is 1. The highest BCUT2D eigenvalue weighted by atomic mass is 19.1. The van der Waals surface area contributed by atoms with E-state index in [1.807, 2.05) is 31.2 Å². The molecule has 0 spiro atoms. The Balaban J connectivity index is 1.53. The lowest BCUT2D eigenvalue weighted by atomic mass is 10.1. The molecular weight excluding hydrogens is 411 g/mol. The number of carbonyl (C=O) groups is 3. The van der Waals surface area contributed by atoms with Crippen molar-refractivity contribution in [2.24, 2.45) is 0 Å². The number of nitrogens with zero attached hydrogens (tertiary/aromatic N) is 3. The maximum Gasteiger partial charge on any atom is 0.255 e. The van der Waals surface area contributed by atoms with Crippen molar-refractivity contribution in [1.29, 1.82) is 0 Å². The van der Waals surface area contributed by atoms with E-state index in [1.165, 1.54) is 17.0 Å². The molecule has 4 rings (SSSR count). The molecule has 3 aromatic rings. The van der Waals surface area contributed by atoms with Gasteiger partial charge in [-0.05, 0) is 43.7 Å². The van der Waals surface area contributed by atoms with E-state index in [0.29, 0.717) is 29.9 Å². The van der Waals surface area contributed by atoms with E-state index in [1.54, 1.807) is 23.0 Å². The summed E-state index contributed by atoms with van der Waals surface area (Å²) in [6.07, 6.45) is 2.60. The summed E-state index contributed by atoms with van der Waals surface area (Å²) in [4.78, 5) is 37.6. The van der Waals surface area contributed by atoms with Crippen LogP contribution >= 0.6 is 0 Å². The number of imide groups is 1. The molecule has 2 aromatic carbocycles. The van der Waals surface area contributed by atoms with Crippen LogP contribution in [-0.2, 0) is 9.59 Å². The molecular formula is C24H23FN4O3. The Morgan fingerprint density at radius 1 is 1.09 bits per heavy atom. The summed E-state index contributed by atoms with van der Waals surface area (Å²) in [6.45, 7) is 2.56. The molecule has 0 unspecified atom stereocenters. The standard InChI is InChI=1S/C24H23FN4O3/c1-16-4-2-5-17(14-16)23-20(15-29(27-23)19-8-6-18(25)7-9-19)24(32)26-12-3-13-28-21(30)10-11-22(28)31/h2,4-9,14-15H,3,10-13H2,1H3,(H,26,32). The third-order valence-corrected chi connectivity index (χ3v) is 5.34. The first-order valence-corrected chi connectivity index (χ1v) is 10.5. The minimum absolute atomic E-state index is 0.163. The van der Waals surface area contributed by atoms with Crippen molar-refractivity contribution in [3.05, 3.63) is 71.7 Å². The third-order valence-electron chi connectivity index (χ3n) is 5.34. The van der Waals surface area contributed by atoms with Crippen LogP contribution < -0.4 is 5.32 Å². The van der Waals surface area contributed by atoms with Gasteiger partial charge in [0, 0.05) is 37.7 Å². The molecule has 32 heavy (non-hydrogen) atoms. The molecule has 3 amide bonds. The van der Waals surface area contributed by atoms with E-state index in [9.17, 15) is 18.8 Å². The highest BCUT2D eigenvalue weighted by Crippen LogP contribution is 2.25. The fraction of sp³-hybridized carbons (Fsp3) is 0.250. The number of halogens is 1. The van der Waals surface area contributed by atoms with E-state index in [4.69, 9.17) is 0 Å². The van der Waals surface area contributed by atoms with Crippen LogP contribution in [0.3, 0.4) is 0 Å². The van der Waals surface area contributed by atoms with Gasteiger partial charge in [0.25, 0.3) is 5.91 Å². The predicted molar refractivity (Wildman–Crippen MR) is 117 cm³/mol. The monoisotopic (exact) mass is 434 g/mol. The Morgan fingerprint density at radius 2 is 1.81 bits per heavy atom. The van der Waals surface area contributed by atoms with E-state index in [0.717, 1.165) is 11.1 Å². The molecule has 1 aromatic heterocycles. The molecule has 8 heteroatoms. The van der Waals surface area contributed by atoms with Crippen LogP contribution in [0.4, 0.5) is 4.39 Å². The summed E-state index contributed by atoms with van der Waals surface area (Å²) in [6, 6.07) is 13.5. The second-order valence-corrected chi connectivity index (χ2v) is 7.73. The summed E-state index contributed by atoms with van der Waals surface area (Å²) in [5.74, 6) is -0.992. The van der Waals surface area contributed by atoms with Gasteiger partial charge in [0.2, 0.25) is 11.8 Å². The van der Waals surface area contributed by atoms with Crippen LogP contribution in [0, 0.1) is 12.7 Å². The summed E-state index contributed by atoms with van der Waals surface area (Å²) in [5, 5.41) is 7.44. The van der Waals surface area contributed by atoms with E-state index >= 15 is 0 Å². The highest BCUT2D eigenvalue weighted by Gasteiger charge is 2.28. The number of carbonyl (C=O) groups excluding carboxylic acids is 3. The average Bonchev–Trinajstić information content (AvgIpc) is 3.36. The molecule has 1 saturated heterocycles. The molecule has 1 aliphatic heterocycles. The Labute approximate surface area is 184 Å². The van der Waals surface area contributed by atoms with Crippen LogP contribution in [0.1, 0.15) is 35.2 Å². The molecule has 0 bridgehead atoms. The van der Waals surface area contributed by atoms with Crippen molar-refractivity contribution in [2.75, 3.05) is 13.1 Å². The average molecular weight is 434 g/mol. The minimum atomic E-state index is -0.354. The van der Waals surface area contributed by atoms with Gasteiger partial charge in [0.05, 0.1) is 11.3 Å². The van der Waals surface area contributed by atoms with Crippen LogP contribution in [-0.4, -0.2) is 45.5 Å². The Kier molecular flexibility index (Phi) is 6.11. The molecule has 7 nitrogen and oxygen atoms in total. The Bertz CT molecular complexity index is 1150. The Hall–Kier alpha value is -3.81. The zero-order valence-corrected chi connectivity index (χ0v) is 17.7. The van der Waals surface area contributed by atoms with Crippen molar-refractivity contribution >= 4 is 17.7 Å². The van der Waals surface area contributed by atoms with Gasteiger partial charge in [0.1, 0.15) is 11.5 Å². The molecule has 1 N–H and O–H groups in total. The smallest absolute Gasteiger partial charge is 0.255 e. The second-order valence-electron chi connectivity index (χ2n) is 7.73. The number of amides is 3. The number of aromatic nitrogens is 2. The molecule has 0 aliphatic carbocycles. The molecule has 2 heterocycles. The van der Waals surface area contributed by atoms with Crippen LogP contribution in [0.25, 0.3) is 16.9 Å². The molecule has 0 saturated carbocycles. The summed E-state index contributed by atoms with van der Waals surface area (Å²) < 4.78 is 14.9.